The molecule has 1 aliphatic rings. The molecule has 0 saturated carbocycles. The van der Waals surface area contributed by atoms with Gasteiger partial charge < -0.3 is 4.84 Å². The summed E-state index contributed by atoms with van der Waals surface area (Å²) < 4.78 is 0. The summed E-state index contributed by atoms with van der Waals surface area (Å²) in [7, 11) is 0. The van der Waals surface area contributed by atoms with Crippen molar-refractivity contribution in [2.75, 3.05) is 6.61 Å². The van der Waals surface area contributed by atoms with Gasteiger partial charge in [-0.1, -0.05) is 5.11 Å². The van der Waals surface area contributed by atoms with Crippen molar-refractivity contribution in [2.45, 2.75) is 0 Å². The molecule has 0 bridgehead atoms. The van der Waals surface area contributed by atoms with Crippen LogP contribution in [0.3, 0.4) is 0 Å². The van der Waals surface area contributed by atoms with Crippen LogP contribution in [0.4, 0.5) is 0 Å². The van der Waals surface area contributed by atoms with Crippen molar-refractivity contribution in [2.24, 2.45) is 10.4 Å². The van der Waals surface area contributed by atoms with Crippen LogP contribution in [0, 0.1) is 0 Å². The van der Waals surface area contributed by atoms with Crippen molar-refractivity contribution in [3.05, 3.63) is 0 Å². The maximum atomic E-state index is 9.86. The average molecular weight is 150 g/mol. The van der Waals surface area contributed by atoms with Crippen molar-refractivity contribution in [3.63, 3.8) is 0 Å². The van der Waals surface area contributed by atoms with Gasteiger partial charge in [-0.05, 0) is 0 Å². The SMILES string of the molecule is O=C1CON=N1.[Cu+]. The van der Waals surface area contributed by atoms with Crippen molar-refractivity contribution in [1.29, 1.82) is 0 Å². The molecule has 1 aliphatic heterocycles. The molecule has 0 unspecified atom stereocenters. The Kier molecular flexibility index (Phi) is 2.55. The maximum Gasteiger partial charge on any atom is 1.00 e. The molecule has 5 heteroatoms. The van der Waals surface area contributed by atoms with Gasteiger partial charge in [0.2, 0.25) is 6.61 Å². The Morgan fingerprint density at radius 3 is 2.57 bits per heavy atom. The molecule has 4 nitrogen and oxygen atoms in total. The molecule has 7 heavy (non-hydrogen) atoms. The number of nitrogens with zero attached hydrogens (tertiary/aromatic N) is 2. The van der Waals surface area contributed by atoms with Crippen LogP contribution in [-0.4, -0.2) is 12.5 Å². The van der Waals surface area contributed by atoms with E-state index in [1.54, 1.807) is 0 Å². The van der Waals surface area contributed by atoms with E-state index in [9.17, 15) is 4.79 Å². The van der Waals surface area contributed by atoms with Gasteiger partial charge in [0.05, 0.1) is 0 Å². The number of rotatable bonds is 0. The van der Waals surface area contributed by atoms with E-state index in [0.717, 1.165) is 0 Å². The van der Waals surface area contributed by atoms with Crippen LogP contribution in [0.15, 0.2) is 10.4 Å². The van der Waals surface area contributed by atoms with Gasteiger partial charge in [0, 0.05) is 5.28 Å². The molecule has 1 rings (SSSR count). The zero-order chi connectivity index (χ0) is 4.41. The zero-order valence-corrected chi connectivity index (χ0v) is 4.16. The zero-order valence-electron chi connectivity index (χ0n) is 3.22. The monoisotopic (exact) mass is 149 g/mol. The topological polar surface area (TPSA) is 51.0 Å². The molecule has 1 amide bonds. The van der Waals surface area contributed by atoms with E-state index in [2.05, 4.69) is 15.2 Å². The van der Waals surface area contributed by atoms with Gasteiger partial charge in [0.1, 0.15) is 0 Å². The van der Waals surface area contributed by atoms with Gasteiger partial charge in [0.15, 0.2) is 0 Å². The second-order valence-electron chi connectivity index (χ2n) is 0.849. The summed E-state index contributed by atoms with van der Waals surface area (Å²) in [4.78, 5) is 14.0. The Balaban J connectivity index is 0.000000360. The quantitative estimate of drug-likeness (QED) is 0.452. The largest absolute Gasteiger partial charge is 1.00 e. The van der Waals surface area contributed by atoms with Gasteiger partial charge in [-0.2, -0.15) is 0 Å². The third-order valence-corrected chi connectivity index (χ3v) is 0.398. The van der Waals surface area contributed by atoms with E-state index in [0.29, 0.717) is 0 Å². The Hall–Kier alpha value is -0.411. The summed E-state index contributed by atoms with van der Waals surface area (Å²) in [6.45, 7) is 0.0139. The van der Waals surface area contributed by atoms with Crippen LogP contribution >= 0.6 is 0 Å². The molecule has 0 aromatic heterocycles. The number of carbonyl (C=O) groups is 1. The predicted molar refractivity (Wildman–Crippen MR) is 15.8 cm³/mol. The summed E-state index contributed by atoms with van der Waals surface area (Å²) in [6.07, 6.45) is 0. The van der Waals surface area contributed by atoms with Gasteiger partial charge in [0.25, 0.3) is 0 Å². The van der Waals surface area contributed by atoms with Crippen molar-refractivity contribution < 1.29 is 26.7 Å². The molecule has 0 spiro atoms. The van der Waals surface area contributed by atoms with Gasteiger partial charge in [-0.3, -0.25) is 4.79 Å². The molecule has 0 N–H and O–H groups in total. The molecule has 0 radical (unpaired) electrons. The normalized spacial score (nSPS) is 15.7. The van der Waals surface area contributed by atoms with Crippen LogP contribution in [0.5, 0.6) is 0 Å². The Morgan fingerprint density at radius 1 is 1.71 bits per heavy atom. The first-order valence-corrected chi connectivity index (χ1v) is 1.45. The molecule has 0 saturated heterocycles. The summed E-state index contributed by atoms with van der Waals surface area (Å²) in [5.41, 5.74) is 0. The van der Waals surface area contributed by atoms with Crippen LogP contribution in [0.2, 0.25) is 0 Å². The number of amides is 1. The number of hydrogen-bond donors (Lipinski definition) is 0. The summed E-state index contributed by atoms with van der Waals surface area (Å²) in [5, 5.41) is 5.94. The molecular weight excluding hydrogens is 148 g/mol. The van der Waals surface area contributed by atoms with Crippen LogP contribution < -0.4 is 0 Å². The molecule has 1 heterocycles. The summed E-state index contributed by atoms with van der Waals surface area (Å²) in [5.74, 6) is -0.310. The molecule has 0 fully saturated rings. The fourth-order valence-electron chi connectivity index (χ4n) is 0.187. The first-order valence-electron chi connectivity index (χ1n) is 1.45. The van der Waals surface area contributed by atoms with Crippen LogP contribution in [0.1, 0.15) is 0 Å². The fourth-order valence-corrected chi connectivity index (χ4v) is 0.187. The molecule has 0 aliphatic carbocycles. The second-order valence-corrected chi connectivity index (χ2v) is 0.849. The Morgan fingerprint density at radius 2 is 2.43 bits per heavy atom. The molecule has 0 atom stereocenters. The number of carbonyl (C=O) groups excluding carboxylic acids is 1. The minimum atomic E-state index is -0.310. The maximum absolute atomic E-state index is 9.86. The van der Waals surface area contributed by atoms with E-state index >= 15 is 0 Å². The Labute approximate surface area is 50.4 Å². The molecular formula is C2H2CuN2O2+. The van der Waals surface area contributed by atoms with Gasteiger partial charge in [-0.15, -0.1) is 0 Å². The number of hydrogen-bond acceptors (Lipinski definition) is 3. The fraction of sp³-hybridized carbons (Fsp3) is 0.500. The first-order chi connectivity index (χ1) is 2.89. The smallest absolute Gasteiger partial charge is 0.369 e. The third-order valence-electron chi connectivity index (χ3n) is 0.398. The standard InChI is InChI=1S/C2H2N2O2.Cu/c5-2-1-6-4-3-2;/h1H2;/q;+1. The van der Waals surface area contributed by atoms with E-state index in [1.807, 2.05) is 0 Å². The van der Waals surface area contributed by atoms with Crippen LogP contribution in [-0.2, 0) is 26.7 Å². The third kappa shape index (κ3) is 1.66. The molecule has 42 valence electrons. The summed E-state index contributed by atoms with van der Waals surface area (Å²) in [6, 6.07) is 0. The Bertz CT molecular complexity index is 102. The average Bonchev–Trinajstić information content (AvgIpc) is 1.86. The van der Waals surface area contributed by atoms with Crippen molar-refractivity contribution in [1.82, 2.24) is 0 Å². The minimum absolute atomic E-state index is 0. The summed E-state index contributed by atoms with van der Waals surface area (Å²) >= 11 is 0. The van der Waals surface area contributed by atoms with Gasteiger partial charge >= 0.3 is 23.0 Å². The van der Waals surface area contributed by atoms with Crippen molar-refractivity contribution >= 4 is 5.91 Å². The van der Waals surface area contributed by atoms with Crippen LogP contribution in [0.25, 0.3) is 0 Å². The van der Waals surface area contributed by atoms with Gasteiger partial charge in [-0.25, -0.2) is 0 Å². The van der Waals surface area contributed by atoms with E-state index in [4.69, 9.17) is 0 Å². The van der Waals surface area contributed by atoms with E-state index in [1.165, 1.54) is 0 Å². The van der Waals surface area contributed by atoms with E-state index in [-0.39, 0.29) is 29.6 Å². The second kappa shape index (κ2) is 2.71. The first kappa shape index (κ1) is 6.59. The van der Waals surface area contributed by atoms with Crippen molar-refractivity contribution in [3.8, 4) is 0 Å². The predicted octanol–water partition coefficient (Wildman–Crippen LogP) is -0.0921. The molecule has 0 aromatic rings. The molecule has 0 aromatic carbocycles. The van der Waals surface area contributed by atoms with E-state index < -0.39 is 0 Å². The minimum Gasteiger partial charge on any atom is -0.369 e.